The number of ether oxygens (including phenoxy) is 1. The Morgan fingerprint density at radius 1 is 1.26 bits per heavy atom. The van der Waals surface area contributed by atoms with Crippen molar-refractivity contribution in [1.29, 1.82) is 0 Å². The van der Waals surface area contributed by atoms with Crippen LogP contribution in [0.25, 0.3) is 16.8 Å². The maximum absolute atomic E-state index is 13.1. The van der Waals surface area contributed by atoms with Crippen molar-refractivity contribution in [3.05, 3.63) is 60.0 Å². The number of carbonyl (C=O) groups excluding carboxylic acids is 1. The van der Waals surface area contributed by atoms with E-state index in [1.807, 2.05) is 53.9 Å². The number of benzene rings is 1. The number of carbonyl (C=O) groups is 1. The second-order valence-electron chi connectivity index (χ2n) is 7.18. The van der Waals surface area contributed by atoms with Crippen LogP contribution >= 0.6 is 0 Å². The number of nitrogens with zero attached hydrogens (tertiary/aromatic N) is 1. The first-order valence-electron chi connectivity index (χ1n) is 9.22. The summed E-state index contributed by atoms with van der Waals surface area (Å²) in [5, 5.41) is 12.9. The number of aromatic amines is 1. The minimum absolute atomic E-state index is 0.101. The summed E-state index contributed by atoms with van der Waals surface area (Å²) in [7, 11) is 0. The number of nitrogens with one attached hydrogen (secondary N) is 2. The predicted molar refractivity (Wildman–Crippen MR) is 101 cm³/mol. The lowest BCUT2D eigenvalue weighted by Crippen LogP contribution is -2.55. The van der Waals surface area contributed by atoms with Gasteiger partial charge < -0.3 is 15.2 Å². The molecule has 27 heavy (non-hydrogen) atoms. The van der Waals surface area contributed by atoms with Crippen molar-refractivity contribution in [2.24, 2.45) is 0 Å². The molecule has 6 nitrogen and oxygen atoms in total. The molecule has 0 unspecified atom stereocenters. The molecule has 1 aliphatic heterocycles. The van der Waals surface area contributed by atoms with Crippen LogP contribution in [-0.2, 0) is 4.74 Å². The first-order chi connectivity index (χ1) is 13.1. The fourth-order valence-electron chi connectivity index (χ4n) is 3.66. The van der Waals surface area contributed by atoms with Crippen molar-refractivity contribution in [2.45, 2.75) is 25.3 Å². The van der Waals surface area contributed by atoms with Crippen molar-refractivity contribution in [2.75, 3.05) is 19.8 Å². The number of imidazole rings is 1. The second-order valence-corrected chi connectivity index (χ2v) is 7.18. The Kier molecular flexibility index (Phi) is 4.68. The lowest BCUT2D eigenvalue weighted by molar-refractivity contribution is -0.514. The number of aryl methyl sites for hydroxylation is 1. The van der Waals surface area contributed by atoms with Gasteiger partial charge in [-0.1, -0.05) is 29.8 Å². The zero-order chi connectivity index (χ0) is 18.9. The fourth-order valence-corrected chi connectivity index (χ4v) is 3.66. The van der Waals surface area contributed by atoms with Crippen molar-refractivity contribution < 1.29 is 19.0 Å². The Morgan fingerprint density at radius 2 is 2.07 bits per heavy atom. The van der Waals surface area contributed by atoms with Crippen molar-refractivity contribution >= 4 is 11.4 Å². The van der Waals surface area contributed by atoms with Gasteiger partial charge in [-0.2, -0.15) is 4.40 Å². The number of fused-ring (bicyclic) bond motifs is 1. The van der Waals surface area contributed by atoms with Gasteiger partial charge in [0.05, 0.1) is 18.3 Å². The number of hydrogen-bond donors (Lipinski definition) is 3. The molecular formula is C21H24N3O3+. The van der Waals surface area contributed by atoms with E-state index in [1.165, 1.54) is 0 Å². The number of aliphatic hydroxyl groups is 1. The Balaban J connectivity index is 1.75. The molecule has 6 heteroatoms. The summed E-state index contributed by atoms with van der Waals surface area (Å²) in [6, 6.07) is 14.0. The highest BCUT2D eigenvalue weighted by atomic mass is 16.5. The van der Waals surface area contributed by atoms with Gasteiger partial charge in [-0.05, 0) is 38.0 Å². The minimum atomic E-state index is -0.633. The number of hydrogen-bond acceptors (Lipinski definition) is 3. The number of rotatable bonds is 4. The van der Waals surface area contributed by atoms with E-state index < -0.39 is 5.54 Å². The van der Waals surface area contributed by atoms with E-state index >= 15 is 0 Å². The Bertz CT molecular complexity index is 974. The SMILES string of the molecule is Cc1cccc(-c2[nH]c(C(=O)NC3(CO)CCOCC3)[n+]3ccccc23)c1. The summed E-state index contributed by atoms with van der Waals surface area (Å²) >= 11 is 0. The molecule has 3 aromatic rings. The number of H-pyrrole nitrogens is 1. The van der Waals surface area contributed by atoms with Crippen LogP contribution in [0, 0.1) is 6.92 Å². The smallest absolute Gasteiger partial charge is 0.351 e. The largest absolute Gasteiger partial charge is 0.394 e. The summed E-state index contributed by atoms with van der Waals surface area (Å²) in [5.74, 6) is 0.215. The van der Waals surface area contributed by atoms with E-state index in [0.29, 0.717) is 31.9 Å². The number of aliphatic hydroxyl groups excluding tert-OH is 1. The van der Waals surface area contributed by atoms with Crippen molar-refractivity contribution in [3.63, 3.8) is 0 Å². The Morgan fingerprint density at radius 3 is 2.81 bits per heavy atom. The molecule has 140 valence electrons. The average molecular weight is 366 g/mol. The van der Waals surface area contributed by atoms with Gasteiger partial charge in [0.1, 0.15) is 0 Å². The van der Waals surface area contributed by atoms with Gasteiger partial charge >= 0.3 is 11.7 Å². The standard InChI is InChI=1S/C21H23N3O3/c1-15-5-4-6-16(13-15)18-17-7-2-3-10-24(17)19(22-18)20(26)23-21(14-25)8-11-27-12-9-21/h2-7,10,13,25H,8-9,11-12,14H2,1H3,(H,23,26)/p+1. The van der Waals surface area contributed by atoms with Crippen LogP contribution in [-0.4, -0.2) is 41.4 Å². The first-order valence-corrected chi connectivity index (χ1v) is 9.22. The van der Waals surface area contributed by atoms with E-state index in [0.717, 1.165) is 22.3 Å². The highest BCUT2D eigenvalue weighted by molar-refractivity contribution is 5.92. The molecule has 0 atom stereocenters. The summed E-state index contributed by atoms with van der Waals surface area (Å²) < 4.78 is 7.24. The van der Waals surface area contributed by atoms with Crippen LogP contribution in [0.15, 0.2) is 48.7 Å². The molecule has 1 saturated heterocycles. The third kappa shape index (κ3) is 3.34. The molecule has 1 aromatic carbocycles. The molecule has 0 bridgehead atoms. The molecule has 1 aliphatic rings. The van der Waals surface area contributed by atoms with Gasteiger partial charge in [0.2, 0.25) is 0 Å². The van der Waals surface area contributed by atoms with Crippen LogP contribution in [0.4, 0.5) is 0 Å². The minimum Gasteiger partial charge on any atom is -0.394 e. The monoisotopic (exact) mass is 366 g/mol. The van der Waals surface area contributed by atoms with E-state index in [1.54, 1.807) is 0 Å². The van der Waals surface area contributed by atoms with E-state index in [2.05, 4.69) is 16.4 Å². The summed E-state index contributed by atoms with van der Waals surface area (Å²) in [4.78, 5) is 16.4. The van der Waals surface area contributed by atoms with Crippen LogP contribution < -0.4 is 9.72 Å². The number of pyridine rings is 1. The third-order valence-corrected chi connectivity index (χ3v) is 5.25. The fraction of sp³-hybridized carbons (Fsp3) is 0.333. The first kappa shape index (κ1) is 17.7. The topological polar surface area (TPSA) is 78.5 Å². The molecule has 1 amide bonds. The summed E-state index contributed by atoms with van der Waals surface area (Å²) in [5.41, 5.74) is 3.38. The Hall–Kier alpha value is -2.70. The van der Waals surface area contributed by atoms with Crippen molar-refractivity contribution in [1.82, 2.24) is 10.3 Å². The van der Waals surface area contributed by atoms with Gasteiger partial charge in [0.15, 0.2) is 11.2 Å². The molecule has 1 fully saturated rings. The van der Waals surface area contributed by atoms with Gasteiger partial charge in [-0.3, -0.25) is 4.79 Å². The zero-order valence-corrected chi connectivity index (χ0v) is 15.4. The van der Waals surface area contributed by atoms with Gasteiger partial charge in [-0.15, -0.1) is 0 Å². The van der Waals surface area contributed by atoms with Crippen LogP contribution in [0.5, 0.6) is 0 Å². The zero-order valence-electron chi connectivity index (χ0n) is 15.4. The van der Waals surface area contributed by atoms with Crippen molar-refractivity contribution in [3.8, 4) is 11.3 Å². The lowest BCUT2D eigenvalue weighted by Gasteiger charge is -2.35. The molecule has 4 rings (SSSR count). The third-order valence-electron chi connectivity index (χ3n) is 5.25. The highest BCUT2D eigenvalue weighted by Gasteiger charge is 2.36. The molecule has 0 saturated carbocycles. The molecule has 0 aliphatic carbocycles. The van der Waals surface area contributed by atoms with Crippen LogP contribution in [0.1, 0.15) is 29.0 Å². The van der Waals surface area contributed by atoms with Crippen LogP contribution in [0.3, 0.4) is 0 Å². The summed E-state index contributed by atoms with van der Waals surface area (Å²) in [6.07, 6.45) is 3.07. The van der Waals surface area contributed by atoms with Gasteiger partial charge in [0, 0.05) is 18.8 Å². The number of aromatic nitrogens is 2. The van der Waals surface area contributed by atoms with E-state index in [-0.39, 0.29) is 12.5 Å². The van der Waals surface area contributed by atoms with E-state index in [9.17, 15) is 9.90 Å². The molecule has 0 spiro atoms. The molecule has 2 aromatic heterocycles. The maximum Gasteiger partial charge on any atom is 0.351 e. The van der Waals surface area contributed by atoms with Crippen LogP contribution in [0.2, 0.25) is 0 Å². The molecule has 3 heterocycles. The number of amides is 1. The maximum atomic E-state index is 13.1. The van der Waals surface area contributed by atoms with Gasteiger partial charge in [-0.25, -0.2) is 4.98 Å². The van der Waals surface area contributed by atoms with E-state index in [4.69, 9.17) is 4.74 Å². The molecule has 0 radical (unpaired) electrons. The predicted octanol–water partition coefficient (Wildman–Crippen LogP) is 2.00. The van der Waals surface area contributed by atoms with Gasteiger partial charge in [0.25, 0.3) is 0 Å². The Labute approximate surface area is 157 Å². The summed E-state index contributed by atoms with van der Waals surface area (Å²) in [6.45, 7) is 3.02. The quantitative estimate of drug-likeness (QED) is 0.618. The lowest BCUT2D eigenvalue weighted by atomic mass is 9.91. The average Bonchev–Trinajstić information content (AvgIpc) is 3.09. The highest BCUT2D eigenvalue weighted by Crippen LogP contribution is 2.24. The normalized spacial score (nSPS) is 16.4. The molecular weight excluding hydrogens is 342 g/mol. The second kappa shape index (κ2) is 7.13. The molecule has 3 N–H and O–H groups in total.